The third-order valence-electron chi connectivity index (χ3n) is 4.16. The number of nitrogens with zero attached hydrogens (tertiary/aromatic N) is 2. The Morgan fingerprint density at radius 1 is 1.35 bits per heavy atom. The maximum absolute atomic E-state index is 4.32. The largest absolute Gasteiger partial charge is 0.333 e. The van der Waals surface area contributed by atoms with Gasteiger partial charge >= 0.3 is 0 Å². The molecule has 1 saturated carbocycles. The van der Waals surface area contributed by atoms with Crippen LogP contribution in [-0.4, -0.2) is 16.6 Å². The van der Waals surface area contributed by atoms with E-state index < -0.39 is 0 Å². The highest BCUT2D eigenvalue weighted by Crippen LogP contribution is 2.27. The van der Waals surface area contributed by atoms with Gasteiger partial charge < -0.3 is 9.88 Å². The molecule has 3 heteroatoms. The Morgan fingerprint density at radius 2 is 2.06 bits per heavy atom. The first kappa shape index (κ1) is 12.6. The van der Waals surface area contributed by atoms with Crippen molar-refractivity contribution in [1.82, 2.24) is 14.9 Å². The van der Waals surface area contributed by atoms with E-state index in [-0.39, 0.29) is 5.54 Å². The maximum Gasteiger partial charge on any atom is 0.0948 e. The van der Waals surface area contributed by atoms with E-state index in [1.807, 2.05) is 19.6 Å². The zero-order valence-electron chi connectivity index (χ0n) is 11.4. The second-order valence-electron chi connectivity index (χ2n) is 5.81. The Morgan fingerprint density at radius 3 is 2.71 bits per heavy atom. The summed E-state index contributed by atoms with van der Waals surface area (Å²) in [5.74, 6) is 0.851. The summed E-state index contributed by atoms with van der Waals surface area (Å²) in [6.07, 6.45) is 11.0. The molecule has 1 heterocycles. The van der Waals surface area contributed by atoms with Crippen molar-refractivity contribution in [3.63, 3.8) is 0 Å². The molecule has 1 aromatic rings. The van der Waals surface area contributed by atoms with Gasteiger partial charge in [0.25, 0.3) is 0 Å². The van der Waals surface area contributed by atoms with Crippen LogP contribution in [0.4, 0.5) is 0 Å². The van der Waals surface area contributed by atoms with Crippen LogP contribution in [0.25, 0.3) is 0 Å². The molecule has 1 aromatic heterocycles. The number of hydrogen-bond donors (Lipinski definition) is 1. The van der Waals surface area contributed by atoms with Crippen LogP contribution < -0.4 is 5.32 Å². The van der Waals surface area contributed by atoms with Gasteiger partial charge in [-0.05, 0) is 39.7 Å². The van der Waals surface area contributed by atoms with Crippen LogP contribution in [0.5, 0.6) is 0 Å². The number of hydrogen-bond acceptors (Lipinski definition) is 2. The second kappa shape index (κ2) is 5.21. The van der Waals surface area contributed by atoms with Crippen LogP contribution in [0.3, 0.4) is 0 Å². The molecular formula is C14H25N3. The Hall–Kier alpha value is -0.830. The molecule has 1 N–H and O–H groups in total. The number of imidazole rings is 1. The van der Waals surface area contributed by atoms with Crippen molar-refractivity contribution in [3.8, 4) is 0 Å². The van der Waals surface area contributed by atoms with E-state index in [2.05, 4.69) is 28.7 Å². The van der Waals surface area contributed by atoms with Gasteiger partial charge in [0, 0.05) is 12.7 Å². The average molecular weight is 235 g/mol. The standard InChI is InChI=1S/C14H25N3/c1-14(2,15-3)13-9-16-11-17(13)10-12-7-5-4-6-8-12/h9,11-12,15H,4-8,10H2,1-3H3. The third-order valence-corrected chi connectivity index (χ3v) is 4.16. The number of rotatable bonds is 4. The van der Waals surface area contributed by atoms with Gasteiger partial charge in [-0.2, -0.15) is 0 Å². The summed E-state index contributed by atoms with van der Waals surface area (Å²) in [4.78, 5) is 4.32. The molecule has 0 aliphatic heterocycles. The maximum atomic E-state index is 4.32. The molecule has 96 valence electrons. The number of nitrogens with one attached hydrogen (secondary N) is 1. The lowest BCUT2D eigenvalue weighted by atomic mass is 9.89. The fourth-order valence-electron chi connectivity index (χ4n) is 2.76. The van der Waals surface area contributed by atoms with Crippen molar-refractivity contribution in [2.45, 2.75) is 58.0 Å². The molecule has 0 amide bonds. The molecule has 1 fully saturated rings. The molecule has 0 aromatic carbocycles. The van der Waals surface area contributed by atoms with Gasteiger partial charge in [-0.3, -0.25) is 0 Å². The van der Waals surface area contributed by atoms with Crippen molar-refractivity contribution in [2.75, 3.05) is 7.05 Å². The monoisotopic (exact) mass is 235 g/mol. The highest BCUT2D eigenvalue weighted by atomic mass is 15.1. The van der Waals surface area contributed by atoms with Crippen molar-refractivity contribution >= 4 is 0 Å². The van der Waals surface area contributed by atoms with E-state index >= 15 is 0 Å². The lowest BCUT2D eigenvalue weighted by Crippen LogP contribution is -2.36. The lowest BCUT2D eigenvalue weighted by Gasteiger charge is -2.28. The van der Waals surface area contributed by atoms with E-state index in [0.717, 1.165) is 12.5 Å². The third kappa shape index (κ3) is 2.89. The molecule has 0 unspecified atom stereocenters. The van der Waals surface area contributed by atoms with Crippen molar-refractivity contribution < 1.29 is 0 Å². The van der Waals surface area contributed by atoms with Gasteiger partial charge in [0.15, 0.2) is 0 Å². The molecule has 1 aliphatic rings. The molecule has 0 spiro atoms. The lowest BCUT2D eigenvalue weighted by molar-refractivity contribution is 0.304. The quantitative estimate of drug-likeness (QED) is 0.869. The molecule has 0 bridgehead atoms. The van der Waals surface area contributed by atoms with Crippen LogP contribution in [0, 0.1) is 5.92 Å². The van der Waals surface area contributed by atoms with Crippen molar-refractivity contribution in [2.24, 2.45) is 5.92 Å². The summed E-state index contributed by atoms with van der Waals surface area (Å²) in [5.41, 5.74) is 1.30. The zero-order chi connectivity index (χ0) is 12.3. The molecule has 0 saturated heterocycles. The molecule has 3 nitrogen and oxygen atoms in total. The molecule has 2 rings (SSSR count). The van der Waals surface area contributed by atoms with Crippen LogP contribution >= 0.6 is 0 Å². The smallest absolute Gasteiger partial charge is 0.0948 e. The summed E-state index contributed by atoms with van der Waals surface area (Å²) in [6, 6.07) is 0. The summed E-state index contributed by atoms with van der Waals surface area (Å²) in [7, 11) is 2.01. The second-order valence-corrected chi connectivity index (χ2v) is 5.81. The SMILES string of the molecule is CNC(C)(C)c1cncn1CC1CCCCC1. The summed E-state index contributed by atoms with van der Waals surface area (Å²) in [6.45, 7) is 5.56. The predicted octanol–water partition coefficient (Wildman–Crippen LogP) is 2.92. The van der Waals surface area contributed by atoms with Crippen LogP contribution in [-0.2, 0) is 12.1 Å². The van der Waals surface area contributed by atoms with E-state index in [9.17, 15) is 0 Å². The minimum Gasteiger partial charge on any atom is -0.333 e. The highest BCUT2D eigenvalue weighted by Gasteiger charge is 2.23. The molecule has 1 aliphatic carbocycles. The van der Waals surface area contributed by atoms with E-state index in [1.54, 1.807) is 0 Å². The Labute approximate surface area is 105 Å². The minimum atomic E-state index is 0.00513. The zero-order valence-corrected chi connectivity index (χ0v) is 11.4. The first-order valence-corrected chi connectivity index (χ1v) is 6.83. The Bertz CT molecular complexity index is 348. The van der Waals surface area contributed by atoms with Gasteiger partial charge in [-0.25, -0.2) is 4.98 Å². The first-order valence-electron chi connectivity index (χ1n) is 6.83. The van der Waals surface area contributed by atoms with E-state index in [4.69, 9.17) is 0 Å². The van der Waals surface area contributed by atoms with Crippen LogP contribution in [0.2, 0.25) is 0 Å². The van der Waals surface area contributed by atoms with Crippen molar-refractivity contribution in [3.05, 3.63) is 18.2 Å². The summed E-state index contributed by atoms with van der Waals surface area (Å²) < 4.78 is 2.34. The molecular weight excluding hydrogens is 210 g/mol. The average Bonchev–Trinajstić information content (AvgIpc) is 2.79. The van der Waals surface area contributed by atoms with Crippen LogP contribution in [0.1, 0.15) is 51.6 Å². The number of aromatic nitrogens is 2. The van der Waals surface area contributed by atoms with Gasteiger partial charge in [0.2, 0.25) is 0 Å². The van der Waals surface area contributed by atoms with Crippen LogP contribution in [0.15, 0.2) is 12.5 Å². The summed E-state index contributed by atoms with van der Waals surface area (Å²) in [5, 5.41) is 3.36. The minimum absolute atomic E-state index is 0.00513. The van der Waals surface area contributed by atoms with Gasteiger partial charge in [0.05, 0.1) is 17.6 Å². The fourth-order valence-corrected chi connectivity index (χ4v) is 2.76. The Balaban J connectivity index is 2.08. The van der Waals surface area contributed by atoms with E-state index in [1.165, 1.54) is 37.8 Å². The highest BCUT2D eigenvalue weighted by molar-refractivity contribution is 5.10. The van der Waals surface area contributed by atoms with E-state index in [0.29, 0.717) is 0 Å². The van der Waals surface area contributed by atoms with Gasteiger partial charge in [-0.1, -0.05) is 19.3 Å². The van der Waals surface area contributed by atoms with Gasteiger partial charge in [-0.15, -0.1) is 0 Å². The topological polar surface area (TPSA) is 29.9 Å². The molecule has 0 radical (unpaired) electrons. The first-order chi connectivity index (χ1) is 8.13. The fraction of sp³-hybridized carbons (Fsp3) is 0.786. The van der Waals surface area contributed by atoms with Crippen molar-refractivity contribution in [1.29, 1.82) is 0 Å². The predicted molar refractivity (Wildman–Crippen MR) is 70.9 cm³/mol. The normalized spacial score (nSPS) is 18.5. The summed E-state index contributed by atoms with van der Waals surface area (Å²) >= 11 is 0. The molecule has 0 atom stereocenters. The van der Waals surface area contributed by atoms with Gasteiger partial charge in [0.1, 0.15) is 0 Å². The Kier molecular flexibility index (Phi) is 3.87. The molecule has 17 heavy (non-hydrogen) atoms.